The molecule has 2 aromatic rings. The molecule has 1 aliphatic heterocycles. The first-order valence-electron chi connectivity index (χ1n) is 10.6. The molecule has 0 aromatic heterocycles. The summed E-state index contributed by atoms with van der Waals surface area (Å²) >= 11 is 0. The molecular weight excluding hydrogens is 437 g/mol. The molecule has 33 heavy (non-hydrogen) atoms. The first-order valence-corrected chi connectivity index (χ1v) is 10.6. The van der Waals surface area contributed by atoms with Crippen molar-refractivity contribution in [3.8, 4) is 11.5 Å². The Bertz CT molecular complexity index is 1080. The summed E-state index contributed by atoms with van der Waals surface area (Å²) in [4.78, 5) is 26.3. The van der Waals surface area contributed by atoms with Crippen molar-refractivity contribution in [3.63, 3.8) is 0 Å². The number of hydrogen-bond acceptors (Lipinski definition) is 4. The standard InChI is InChI=1S/C24H25F3N2O4/c1-4-29(5-2)22(30)14-33-20-10-7-15(12-21(20)32-6-3)11-18-17-9-8-16(24(25,26)27)13-19(17)28-23(18)31/h7-13H,4-6,14H2,1-3H3,(H,28,31)/b18-11+. The number of nitrogens with zero attached hydrogens (tertiary/aromatic N) is 1. The van der Waals surface area contributed by atoms with E-state index in [-0.39, 0.29) is 23.8 Å². The first-order chi connectivity index (χ1) is 15.7. The van der Waals surface area contributed by atoms with Crippen molar-refractivity contribution in [3.05, 3.63) is 53.1 Å². The maximum atomic E-state index is 13.0. The SMILES string of the molecule is CCOc1cc(/C=C2/C(=O)Nc3cc(C(F)(F)F)ccc32)ccc1OCC(=O)N(CC)CC. The number of likely N-dealkylation sites (N-methyl/N-ethyl adjacent to an activating group) is 1. The van der Waals surface area contributed by atoms with Crippen LogP contribution in [-0.2, 0) is 15.8 Å². The van der Waals surface area contributed by atoms with Gasteiger partial charge in [-0.05, 0) is 56.7 Å². The Morgan fingerprint density at radius 3 is 2.39 bits per heavy atom. The summed E-state index contributed by atoms with van der Waals surface area (Å²) in [5, 5.41) is 2.48. The van der Waals surface area contributed by atoms with Crippen molar-refractivity contribution in [1.82, 2.24) is 4.90 Å². The molecule has 0 atom stereocenters. The van der Waals surface area contributed by atoms with Crippen LogP contribution in [0.1, 0.15) is 37.5 Å². The summed E-state index contributed by atoms with van der Waals surface area (Å²) in [6.45, 7) is 6.94. The molecule has 0 saturated heterocycles. The van der Waals surface area contributed by atoms with Crippen LogP contribution in [-0.4, -0.2) is 43.0 Å². The van der Waals surface area contributed by atoms with E-state index in [2.05, 4.69) is 5.32 Å². The Kier molecular flexibility index (Phi) is 7.30. The number of nitrogens with one attached hydrogen (secondary N) is 1. The Morgan fingerprint density at radius 2 is 1.76 bits per heavy atom. The summed E-state index contributed by atoms with van der Waals surface area (Å²) < 4.78 is 50.2. The highest BCUT2D eigenvalue weighted by Gasteiger charge is 2.33. The molecule has 1 N–H and O–H groups in total. The molecule has 2 amide bonds. The fourth-order valence-electron chi connectivity index (χ4n) is 3.49. The van der Waals surface area contributed by atoms with Crippen molar-refractivity contribution < 1.29 is 32.2 Å². The van der Waals surface area contributed by atoms with E-state index in [0.717, 1.165) is 12.1 Å². The van der Waals surface area contributed by atoms with E-state index >= 15 is 0 Å². The number of ether oxygens (including phenoxy) is 2. The predicted molar refractivity (Wildman–Crippen MR) is 119 cm³/mol. The largest absolute Gasteiger partial charge is 0.490 e. The van der Waals surface area contributed by atoms with Crippen LogP contribution in [0.25, 0.3) is 11.6 Å². The van der Waals surface area contributed by atoms with Gasteiger partial charge in [-0.1, -0.05) is 12.1 Å². The summed E-state index contributed by atoms with van der Waals surface area (Å²) in [5.41, 5.74) is 0.504. The van der Waals surface area contributed by atoms with Crippen LogP contribution in [0.4, 0.5) is 18.9 Å². The summed E-state index contributed by atoms with van der Waals surface area (Å²) in [6.07, 6.45) is -2.93. The topological polar surface area (TPSA) is 67.9 Å². The molecule has 0 saturated carbocycles. The first kappa shape index (κ1) is 24.2. The van der Waals surface area contributed by atoms with Crippen LogP contribution in [0.3, 0.4) is 0 Å². The molecule has 0 bridgehead atoms. The third-order valence-corrected chi connectivity index (χ3v) is 5.18. The number of carbonyl (C=O) groups is 2. The molecular formula is C24H25F3N2O4. The van der Waals surface area contributed by atoms with E-state index in [1.165, 1.54) is 6.07 Å². The molecule has 3 rings (SSSR count). The highest BCUT2D eigenvalue weighted by molar-refractivity contribution is 6.35. The van der Waals surface area contributed by atoms with Crippen LogP contribution in [0.15, 0.2) is 36.4 Å². The molecule has 0 fully saturated rings. The number of fused-ring (bicyclic) bond motifs is 1. The second-order valence-corrected chi connectivity index (χ2v) is 7.26. The minimum Gasteiger partial charge on any atom is -0.490 e. The number of anilines is 1. The summed E-state index contributed by atoms with van der Waals surface area (Å²) in [6, 6.07) is 8.12. The zero-order valence-electron chi connectivity index (χ0n) is 18.6. The van der Waals surface area contributed by atoms with Crippen molar-refractivity contribution in [2.45, 2.75) is 26.9 Å². The molecule has 176 valence electrons. The van der Waals surface area contributed by atoms with Crippen LogP contribution < -0.4 is 14.8 Å². The van der Waals surface area contributed by atoms with Crippen molar-refractivity contribution >= 4 is 29.2 Å². The monoisotopic (exact) mass is 462 g/mol. The number of carbonyl (C=O) groups excluding carboxylic acids is 2. The maximum absolute atomic E-state index is 13.0. The molecule has 1 aliphatic rings. The molecule has 0 radical (unpaired) electrons. The van der Waals surface area contributed by atoms with E-state index in [0.29, 0.717) is 42.3 Å². The van der Waals surface area contributed by atoms with Crippen LogP contribution in [0.5, 0.6) is 11.5 Å². The minimum absolute atomic E-state index is 0.112. The molecule has 0 spiro atoms. The lowest BCUT2D eigenvalue weighted by atomic mass is 10.0. The van der Waals surface area contributed by atoms with Gasteiger partial charge in [-0.15, -0.1) is 0 Å². The van der Waals surface area contributed by atoms with Gasteiger partial charge in [0.15, 0.2) is 18.1 Å². The summed E-state index contributed by atoms with van der Waals surface area (Å²) in [5.74, 6) is 0.134. The zero-order chi connectivity index (χ0) is 24.2. The van der Waals surface area contributed by atoms with Crippen molar-refractivity contribution in [2.75, 3.05) is 31.6 Å². The average molecular weight is 462 g/mol. The van der Waals surface area contributed by atoms with Gasteiger partial charge >= 0.3 is 6.18 Å². The highest BCUT2D eigenvalue weighted by Crippen LogP contribution is 2.39. The third-order valence-electron chi connectivity index (χ3n) is 5.18. The zero-order valence-corrected chi connectivity index (χ0v) is 18.6. The lowest BCUT2D eigenvalue weighted by molar-refractivity contribution is -0.137. The van der Waals surface area contributed by atoms with E-state index in [1.807, 2.05) is 13.8 Å². The number of amides is 2. The maximum Gasteiger partial charge on any atom is 0.416 e. The molecule has 0 aliphatic carbocycles. The van der Waals surface area contributed by atoms with Gasteiger partial charge in [0.2, 0.25) is 0 Å². The Hall–Kier alpha value is -3.49. The average Bonchev–Trinajstić information content (AvgIpc) is 3.08. The van der Waals surface area contributed by atoms with Gasteiger partial charge in [0.05, 0.1) is 12.2 Å². The Labute approximate surface area is 190 Å². The van der Waals surface area contributed by atoms with E-state index in [9.17, 15) is 22.8 Å². The van der Waals surface area contributed by atoms with Gasteiger partial charge in [0.1, 0.15) is 0 Å². The van der Waals surface area contributed by atoms with Crippen LogP contribution in [0.2, 0.25) is 0 Å². The molecule has 2 aromatic carbocycles. The van der Waals surface area contributed by atoms with Crippen LogP contribution in [0, 0.1) is 0 Å². The van der Waals surface area contributed by atoms with Gasteiger partial charge in [-0.2, -0.15) is 13.2 Å². The van der Waals surface area contributed by atoms with Gasteiger partial charge < -0.3 is 19.7 Å². The second kappa shape index (κ2) is 9.97. The van der Waals surface area contributed by atoms with E-state index < -0.39 is 17.6 Å². The molecule has 0 unspecified atom stereocenters. The van der Waals surface area contributed by atoms with Gasteiger partial charge in [0.25, 0.3) is 11.8 Å². The number of hydrogen-bond donors (Lipinski definition) is 1. The van der Waals surface area contributed by atoms with Gasteiger partial charge in [0, 0.05) is 29.9 Å². The van der Waals surface area contributed by atoms with Gasteiger partial charge in [-0.25, -0.2) is 0 Å². The number of alkyl halides is 3. The number of rotatable bonds is 8. The second-order valence-electron chi connectivity index (χ2n) is 7.26. The van der Waals surface area contributed by atoms with E-state index in [4.69, 9.17) is 9.47 Å². The van der Waals surface area contributed by atoms with Crippen LogP contribution >= 0.6 is 0 Å². The van der Waals surface area contributed by atoms with Crippen molar-refractivity contribution in [2.24, 2.45) is 0 Å². The number of benzene rings is 2. The van der Waals surface area contributed by atoms with Gasteiger partial charge in [-0.3, -0.25) is 9.59 Å². The quantitative estimate of drug-likeness (QED) is 0.570. The minimum atomic E-state index is -4.50. The van der Waals surface area contributed by atoms with E-state index in [1.54, 1.807) is 36.1 Å². The molecule has 9 heteroatoms. The lowest BCUT2D eigenvalue weighted by Crippen LogP contribution is -2.34. The normalized spacial score (nSPS) is 14.1. The lowest BCUT2D eigenvalue weighted by Gasteiger charge is -2.19. The smallest absolute Gasteiger partial charge is 0.416 e. The molecule has 1 heterocycles. The third kappa shape index (κ3) is 5.47. The van der Waals surface area contributed by atoms with Crippen molar-refractivity contribution in [1.29, 1.82) is 0 Å². The Balaban J connectivity index is 1.87. The Morgan fingerprint density at radius 1 is 1.03 bits per heavy atom. The molecule has 6 nitrogen and oxygen atoms in total. The fourth-order valence-corrected chi connectivity index (χ4v) is 3.49. The fraction of sp³-hybridized carbons (Fsp3) is 0.333. The predicted octanol–water partition coefficient (Wildman–Crippen LogP) is 4.84. The highest BCUT2D eigenvalue weighted by atomic mass is 19.4. The summed E-state index contributed by atoms with van der Waals surface area (Å²) in [7, 11) is 0. The number of halogens is 3.